The third kappa shape index (κ3) is 3.65. The molecule has 23 heavy (non-hydrogen) atoms. The van der Waals surface area contributed by atoms with Crippen LogP contribution in [0, 0.1) is 6.92 Å². The lowest BCUT2D eigenvalue weighted by atomic mass is 10.2. The van der Waals surface area contributed by atoms with E-state index in [1.165, 1.54) is 30.2 Å². The number of benzene rings is 1. The number of carbonyl (C=O) groups is 2. The molecule has 1 heterocycles. The normalized spacial score (nSPS) is 10.4. The molecule has 1 amide bonds. The number of phenolic OH excluding ortho intramolecular Hbond substituents is 1. The number of furan rings is 1. The highest BCUT2D eigenvalue weighted by Crippen LogP contribution is 2.24. The highest BCUT2D eigenvalue weighted by molar-refractivity contribution is 6.32. The number of methoxy groups -OCH3 is 1. The number of halogens is 1. The van der Waals surface area contributed by atoms with Crippen LogP contribution in [0.1, 0.15) is 32.2 Å². The predicted octanol–water partition coefficient (Wildman–Crippen LogP) is 3.01. The molecule has 2 rings (SSSR count). The summed E-state index contributed by atoms with van der Waals surface area (Å²) < 4.78 is 10.1. The minimum absolute atomic E-state index is 0.0877. The number of nitrogens with zero attached hydrogens (tertiary/aromatic N) is 1. The smallest absolute Gasteiger partial charge is 0.341 e. The maximum Gasteiger partial charge on any atom is 0.341 e. The van der Waals surface area contributed by atoms with Crippen LogP contribution in [0.5, 0.6) is 5.75 Å². The third-order valence-corrected chi connectivity index (χ3v) is 3.61. The van der Waals surface area contributed by atoms with Gasteiger partial charge in [0.2, 0.25) is 0 Å². The van der Waals surface area contributed by atoms with Crippen LogP contribution in [0.15, 0.2) is 28.7 Å². The Kier molecular flexibility index (Phi) is 4.95. The molecule has 0 bridgehead atoms. The topological polar surface area (TPSA) is 80.0 Å². The van der Waals surface area contributed by atoms with Crippen LogP contribution in [0.3, 0.4) is 0 Å². The first-order valence-electron chi connectivity index (χ1n) is 6.75. The van der Waals surface area contributed by atoms with E-state index in [9.17, 15) is 14.7 Å². The Bertz CT molecular complexity index is 753. The molecule has 1 aromatic carbocycles. The summed E-state index contributed by atoms with van der Waals surface area (Å²) in [7, 11) is 2.89. The molecule has 2 aromatic rings. The van der Waals surface area contributed by atoms with Crippen molar-refractivity contribution in [1.29, 1.82) is 0 Å². The molecule has 1 aromatic heterocycles. The molecule has 0 aliphatic rings. The van der Waals surface area contributed by atoms with E-state index in [4.69, 9.17) is 16.0 Å². The zero-order valence-corrected chi connectivity index (χ0v) is 13.7. The molecule has 6 nitrogen and oxygen atoms in total. The van der Waals surface area contributed by atoms with Crippen molar-refractivity contribution < 1.29 is 23.8 Å². The van der Waals surface area contributed by atoms with Gasteiger partial charge in [-0.05, 0) is 31.2 Å². The van der Waals surface area contributed by atoms with Gasteiger partial charge >= 0.3 is 5.97 Å². The number of hydrogen-bond donors (Lipinski definition) is 1. The Balaban J connectivity index is 2.15. The second-order valence-corrected chi connectivity index (χ2v) is 5.41. The molecular formula is C16H16ClNO5. The standard InChI is InChI=1S/C16H16ClNO5/c1-9-12(16(21)22-3)7-11(23-9)8-18(2)15(20)10-4-5-14(19)13(17)6-10/h4-7,19H,8H2,1-3H3. The van der Waals surface area contributed by atoms with Crippen LogP contribution >= 0.6 is 11.6 Å². The Hall–Kier alpha value is -2.47. The summed E-state index contributed by atoms with van der Waals surface area (Å²) in [5.74, 6) is 0.0246. The fourth-order valence-electron chi connectivity index (χ4n) is 2.10. The summed E-state index contributed by atoms with van der Waals surface area (Å²) in [5.41, 5.74) is 0.669. The monoisotopic (exact) mass is 337 g/mol. The van der Waals surface area contributed by atoms with E-state index in [1.54, 1.807) is 20.0 Å². The van der Waals surface area contributed by atoms with Crippen molar-refractivity contribution in [2.45, 2.75) is 13.5 Å². The van der Waals surface area contributed by atoms with E-state index in [0.29, 0.717) is 22.6 Å². The van der Waals surface area contributed by atoms with Gasteiger partial charge in [0.15, 0.2) is 0 Å². The fraction of sp³-hybridized carbons (Fsp3) is 0.250. The van der Waals surface area contributed by atoms with E-state index in [-0.39, 0.29) is 23.2 Å². The molecule has 7 heteroatoms. The van der Waals surface area contributed by atoms with Gasteiger partial charge in [0.25, 0.3) is 5.91 Å². The number of aromatic hydroxyl groups is 1. The van der Waals surface area contributed by atoms with Crippen molar-refractivity contribution in [1.82, 2.24) is 4.90 Å². The Labute approximate surface area is 138 Å². The average Bonchev–Trinajstić information content (AvgIpc) is 2.88. The summed E-state index contributed by atoms with van der Waals surface area (Å²) >= 11 is 5.81. The molecule has 0 aliphatic carbocycles. The van der Waals surface area contributed by atoms with Gasteiger partial charge in [-0.1, -0.05) is 11.6 Å². The number of carbonyl (C=O) groups excluding carboxylic acids is 2. The van der Waals surface area contributed by atoms with E-state index in [2.05, 4.69) is 4.74 Å². The number of hydrogen-bond acceptors (Lipinski definition) is 5. The first-order valence-corrected chi connectivity index (χ1v) is 7.13. The summed E-state index contributed by atoms with van der Waals surface area (Å²) in [6, 6.07) is 5.78. The molecule has 0 aliphatic heterocycles. The minimum atomic E-state index is -0.489. The second-order valence-electron chi connectivity index (χ2n) is 5.00. The lowest BCUT2D eigenvalue weighted by molar-refractivity contribution is 0.0598. The molecular weight excluding hydrogens is 322 g/mol. The van der Waals surface area contributed by atoms with Gasteiger partial charge in [0.1, 0.15) is 22.8 Å². The lowest BCUT2D eigenvalue weighted by Gasteiger charge is -2.16. The van der Waals surface area contributed by atoms with Gasteiger partial charge < -0.3 is 19.2 Å². The zero-order chi connectivity index (χ0) is 17.1. The molecule has 0 unspecified atom stereocenters. The van der Waals surface area contributed by atoms with Gasteiger partial charge in [0.05, 0.1) is 18.7 Å². The van der Waals surface area contributed by atoms with Crippen LogP contribution < -0.4 is 0 Å². The van der Waals surface area contributed by atoms with Crippen LogP contribution in [0.2, 0.25) is 5.02 Å². The zero-order valence-electron chi connectivity index (χ0n) is 12.9. The summed E-state index contributed by atoms with van der Waals surface area (Å²) in [6.45, 7) is 1.83. The predicted molar refractivity (Wildman–Crippen MR) is 83.7 cm³/mol. The molecule has 0 saturated carbocycles. The summed E-state index contributed by atoms with van der Waals surface area (Å²) in [6.07, 6.45) is 0. The molecule has 1 N–H and O–H groups in total. The van der Waals surface area contributed by atoms with Crippen LogP contribution in [-0.4, -0.2) is 36.0 Å². The minimum Gasteiger partial charge on any atom is -0.506 e. The number of amides is 1. The van der Waals surface area contributed by atoms with Gasteiger partial charge in [0, 0.05) is 12.6 Å². The van der Waals surface area contributed by atoms with E-state index < -0.39 is 5.97 Å². The number of aryl methyl sites for hydroxylation is 1. The lowest BCUT2D eigenvalue weighted by Crippen LogP contribution is -2.25. The highest BCUT2D eigenvalue weighted by atomic mass is 35.5. The van der Waals surface area contributed by atoms with Crippen molar-refractivity contribution in [3.63, 3.8) is 0 Å². The van der Waals surface area contributed by atoms with Crippen molar-refractivity contribution in [2.24, 2.45) is 0 Å². The van der Waals surface area contributed by atoms with Gasteiger partial charge in [-0.15, -0.1) is 0 Å². The van der Waals surface area contributed by atoms with Crippen molar-refractivity contribution in [3.05, 3.63) is 51.9 Å². The first kappa shape index (κ1) is 16.9. The molecule has 122 valence electrons. The third-order valence-electron chi connectivity index (χ3n) is 3.31. The van der Waals surface area contributed by atoms with E-state index in [1.807, 2.05) is 0 Å². The quantitative estimate of drug-likeness (QED) is 0.867. The van der Waals surface area contributed by atoms with Crippen molar-refractivity contribution in [2.75, 3.05) is 14.2 Å². The van der Waals surface area contributed by atoms with E-state index >= 15 is 0 Å². The van der Waals surface area contributed by atoms with Gasteiger partial charge in [-0.25, -0.2) is 4.79 Å². The number of phenols is 1. The molecule has 0 radical (unpaired) electrons. The van der Waals surface area contributed by atoms with Crippen molar-refractivity contribution >= 4 is 23.5 Å². The second kappa shape index (κ2) is 6.75. The molecule has 0 spiro atoms. The Morgan fingerprint density at radius 2 is 2.04 bits per heavy atom. The number of ether oxygens (including phenoxy) is 1. The Morgan fingerprint density at radius 3 is 2.65 bits per heavy atom. The Morgan fingerprint density at radius 1 is 1.35 bits per heavy atom. The maximum absolute atomic E-state index is 12.3. The van der Waals surface area contributed by atoms with Crippen LogP contribution in [0.25, 0.3) is 0 Å². The summed E-state index contributed by atoms with van der Waals surface area (Å²) in [4.78, 5) is 25.3. The van der Waals surface area contributed by atoms with Gasteiger partial charge in [-0.2, -0.15) is 0 Å². The molecule has 0 fully saturated rings. The highest BCUT2D eigenvalue weighted by Gasteiger charge is 2.19. The van der Waals surface area contributed by atoms with Gasteiger partial charge in [-0.3, -0.25) is 4.79 Å². The number of esters is 1. The SMILES string of the molecule is COC(=O)c1cc(CN(C)C(=O)c2ccc(O)c(Cl)c2)oc1C. The van der Waals surface area contributed by atoms with Crippen LogP contribution in [-0.2, 0) is 11.3 Å². The van der Waals surface area contributed by atoms with Crippen molar-refractivity contribution in [3.8, 4) is 5.75 Å². The molecule has 0 saturated heterocycles. The van der Waals surface area contributed by atoms with E-state index in [0.717, 1.165) is 0 Å². The summed E-state index contributed by atoms with van der Waals surface area (Å²) in [5, 5.41) is 9.50. The largest absolute Gasteiger partial charge is 0.506 e. The fourth-order valence-corrected chi connectivity index (χ4v) is 2.28. The van der Waals surface area contributed by atoms with Crippen LogP contribution in [0.4, 0.5) is 0 Å². The molecule has 0 atom stereocenters. The maximum atomic E-state index is 12.3. The first-order chi connectivity index (χ1) is 10.8. The average molecular weight is 338 g/mol. The number of rotatable bonds is 4.